The van der Waals surface area contributed by atoms with Gasteiger partial charge >= 0.3 is 0 Å². The van der Waals surface area contributed by atoms with Crippen molar-refractivity contribution >= 4 is 34.5 Å². The number of para-hydroxylation sites is 1. The first kappa shape index (κ1) is 13.0. The Balaban J connectivity index is 2.12. The van der Waals surface area contributed by atoms with Gasteiger partial charge in [0.05, 0.1) is 17.9 Å². The monoisotopic (exact) mass is 286 g/mol. The number of amidine groups is 1. The normalized spacial score (nSPS) is 14.8. The number of rotatable bonds is 2. The SMILES string of the molecule is NCCN=C1Nc2cc(Cl)ccc2Nc2ccccc21. The molecule has 4 N–H and O–H groups in total. The number of benzene rings is 2. The zero-order valence-electron chi connectivity index (χ0n) is 10.9. The van der Waals surface area contributed by atoms with Gasteiger partial charge in [0.25, 0.3) is 0 Å². The Morgan fingerprint density at radius 3 is 2.70 bits per heavy atom. The predicted octanol–water partition coefficient (Wildman–Crippen LogP) is 3.21. The summed E-state index contributed by atoms with van der Waals surface area (Å²) in [5, 5.41) is 7.42. The molecule has 0 saturated heterocycles. The van der Waals surface area contributed by atoms with Crippen LogP contribution in [-0.4, -0.2) is 18.9 Å². The van der Waals surface area contributed by atoms with E-state index in [2.05, 4.69) is 15.6 Å². The Bertz CT molecular complexity index is 667. The van der Waals surface area contributed by atoms with E-state index in [1.165, 1.54) is 0 Å². The summed E-state index contributed by atoms with van der Waals surface area (Å²) >= 11 is 6.07. The lowest BCUT2D eigenvalue weighted by atomic mass is 10.1. The summed E-state index contributed by atoms with van der Waals surface area (Å²) in [7, 11) is 0. The van der Waals surface area contributed by atoms with Gasteiger partial charge in [-0.3, -0.25) is 4.99 Å². The van der Waals surface area contributed by atoms with Gasteiger partial charge in [-0.25, -0.2) is 0 Å². The molecule has 0 aliphatic carbocycles. The van der Waals surface area contributed by atoms with E-state index in [0.29, 0.717) is 18.1 Å². The molecule has 1 aliphatic heterocycles. The third kappa shape index (κ3) is 2.48. The standard InChI is InChI=1S/C15H15ClN4/c16-10-5-6-13-14(9-10)20-15(18-8-7-17)11-3-1-2-4-12(11)19-13/h1-6,9,19H,7-8,17H2,(H,18,20). The maximum atomic E-state index is 6.07. The lowest BCUT2D eigenvalue weighted by Crippen LogP contribution is -2.15. The van der Waals surface area contributed by atoms with E-state index in [9.17, 15) is 0 Å². The van der Waals surface area contributed by atoms with E-state index in [1.807, 2.05) is 42.5 Å². The fraction of sp³-hybridized carbons (Fsp3) is 0.133. The molecule has 1 heterocycles. The quantitative estimate of drug-likeness (QED) is 0.794. The number of nitrogens with zero attached hydrogens (tertiary/aromatic N) is 1. The zero-order chi connectivity index (χ0) is 13.9. The van der Waals surface area contributed by atoms with E-state index in [0.717, 1.165) is 28.5 Å². The minimum atomic E-state index is 0.517. The van der Waals surface area contributed by atoms with Crippen LogP contribution in [0, 0.1) is 0 Å². The second-order valence-corrected chi connectivity index (χ2v) is 4.94. The summed E-state index contributed by atoms with van der Waals surface area (Å²) in [6, 6.07) is 13.7. The van der Waals surface area contributed by atoms with E-state index >= 15 is 0 Å². The third-order valence-electron chi connectivity index (χ3n) is 3.09. The van der Waals surface area contributed by atoms with Gasteiger partial charge in [0.2, 0.25) is 0 Å². The van der Waals surface area contributed by atoms with Gasteiger partial charge in [0.1, 0.15) is 5.84 Å². The molecule has 102 valence electrons. The Kier molecular flexibility index (Phi) is 3.58. The minimum Gasteiger partial charge on any atom is -0.353 e. The van der Waals surface area contributed by atoms with Gasteiger partial charge < -0.3 is 16.4 Å². The highest BCUT2D eigenvalue weighted by Gasteiger charge is 2.16. The van der Waals surface area contributed by atoms with Crippen LogP contribution in [0.5, 0.6) is 0 Å². The van der Waals surface area contributed by atoms with Crippen LogP contribution in [0.2, 0.25) is 5.02 Å². The number of nitrogens with two attached hydrogens (primary N) is 1. The molecule has 5 heteroatoms. The molecule has 3 rings (SSSR count). The van der Waals surface area contributed by atoms with Crippen LogP contribution in [0.25, 0.3) is 0 Å². The van der Waals surface area contributed by atoms with Crippen molar-refractivity contribution in [1.29, 1.82) is 0 Å². The minimum absolute atomic E-state index is 0.517. The van der Waals surface area contributed by atoms with Gasteiger partial charge in [0, 0.05) is 22.8 Å². The fourth-order valence-electron chi connectivity index (χ4n) is 2.17. The van der Waals surface area contributed by atoms with Gasteiger partial charge in [-0.15, -0.1) is 0 Å². The van der Waals surface area contributed by atoms with Crippen LogP contribution in [0.4, 0.5) is 17.1 Å². The largest absolute Gasteiger partial charge is 0.353 e. The van der Waals surface area contributed by atoms with Crippen LogP contribution in [0.3, 0.4) is 0 Å². The topological polar surface area (TPSA) is 62.4 Å². The highest BCUT2D eigenvalue weighted by Crippen LogP contribution is 2.33. The Morgan fingerprint density at radius 1 is 1.00 bits per heavy atom. The number of hydrogen-bond donors (Lipinski definition) is 3. The molecular weight excluding hydrogens is 272 g/mol. The molecule has 20 heavy (non-hydrogen) atoms. The average Bonchev–Trinajstić information content (AvgIpc) is 2.61. The second kappa shape index (κ2) is 5.53. The summed E-state index contributed by atoms with van der Waals surface area (Å²) < 4.78 is 0. The van der Waals surface area contributed by atoms with Crippen molar-refractivity contribution in [3.05, 3.63) is 53.1 Å². The van der Waals surface area contributed by atoms with Crippen LogP contribution < -0.4 is 16.4 Å². The van der Waals surface area contributed by atoms with Gasteiger partial charge in [-0.1, -0.05) is 23.7 Å². The molecule has 0 unspecified atom stereocenters. The Labute approximate surface area is 122 Å². The van der Waals surface area contributed by atoms with Crippen LogP contribution in [0.1, 0.15) is 5.56 Å². The molecule has 0 radical (unpaired) electrons. The van der Waals surface area contributed by atoms with Crippen molar-refractivity contribution in [2.75, 3.05) is 23.7 Å². The maximum Gasteiger partial charge on any atom is 0.134 e. The Hall–Kier alpha value is -2.04. The molecule has 0 atom stereocenters. The summed E-state index contributed by atoms with van der Waals surface area (Å²) in [5.41, 5.74) is 9.46. The van der Waals surface area contributed by atoms with Crippen molar-refractivity contribution in [2.45, 2.75) is 0 Å². The molecule has 0 bridgehead atoms. The van der Waals surface area contributed by atoms with Crippen molar-refractivity contribution in [3.63, 3.8) is 0 Å². The van der Waals surface area contributed by atoms with Gasteiger partial charge in [-0.05, 0) is 30.3 Å². The average molecular weight is 287 g/mol. The first-order valence-corrected chi connectivity index (χ1v) is 6.83. The number of nitrogens with one attached hydrogen (secondary N) is 2. The lowest BCUT2D eigenvalue weighted by Gasteiger charge is -2.09. The van der Waals surface area contributed by atoms with Crippen molar-refractivity contribution < 1.29 is 0 Å². The summed E-state index contributed by atoms with van der Waals surface area (Å²) in [4.78, 5) is 4.53. The van der Waals surface area contributed by atoms with Gasteiger partial charge in [-0.2, -0.15) is 0 Å². The van der Waals surface area contributed by atoms with E-state index < -0.39 is 0 Å². The van der Waals surface area contributed by atoms with Crippen molar-refractivity contribution in [2.24, 2.45) is 10.7 Å². The van der Waals surface area contributed by atoms with Crippen LogP contribution in [-0.2, 0) is 0 Å². The van der Waals surface area contributed by atoms with Gasteiger partial charge in [0.15, 0.2) is 0 Å². The number of aliphatic imine (C=N–C) groups is 1. The first-order chi connectivity index (χ1) is 9.78. The molecule has 0 fully saturated rings. The number of anilines is 3. The molecule has 1 aliphatic rings. The molecule has 2 aromatic carbocycles. The molecule has 0 aromatic heterocycles. The van der Waals surface area contributed by atoms with E-state index in [-0.39, 0.29) is 0 Å². The van der Waals surface area contributed by atoms with Crippen LogP contribution >= 0.6 is 11.6 Å². The second-order valence-electron chi connectivity index (χ2n) is 4.50. The Morgan fingerprint density at radius 2 is 1.85 bits per heavy atom. The van der Waals surface area contributed by atoms with Crippen molar-refractivity contribution in [1.82, 2.24) is 0 Å². The smallest absolute Gasteiger partial charge is 0.134 e. The highest BCUT2D eigenvalue weighted by atomic mass is 35.5. The van der Waals surface area contributed by atoms with E-state index in [1.54, 1.807) is 0 Å². The summed E-state index contributed by atoms with van der Waals surface area (Å²) in [6.45, 7) is 1.09. The summed E-state index contributed by atoms with van der Waals surface area (Å²) in [5.74, 6) is 0.805. The first-order valence-electron chi connectivity index (χ1n) is 6.45. The molecule has 0 saturated carbocycles. The molecule has 2 aromatic rings. The summed E-state index contributed by atoms with van der Waals surface area (Å²) in [6.07, 6.45) is 0. The lowest BCUT2D eigenvalue weighted by molar-refractivity contribution is 0.975. The third-order valence-corrected chi connectivity index (χ3v) is 3.32. The number of fused-ring (bicyclic) bond motifs is 2. The number of hydrogen-bond acceptors (Lipinski definition) is 3. The van der Waals surface area contributed by atoms with Crippen LogP contribution in [0.15, 0.2) is 47.5 Å². The predicted molar refractivity (Wildman–Crippen MR) is 85.3 cm³/mol. The maximum absolute atomic E-state index is 6.07. The highest BCUT2D eigenvalue weighted by molar-refractivity contribution is 6.31. The zero-order valence-corrected chi connectivity index (χ0v) is 11.6. The van der Waals surface area contributed by atoms with Crippen molar-refractivity contribution in [3.8, 4) is 0 Å². The molecule has 0 spiro atoms. The fourth-order valence-corrected chi connectivity index (χ4v) is 2.34. The van der Waals surface area contributed by atoms with E-state index in [4.69, 9.17) is 17.3 Å². The number of halogens is 1. The molecular formula is C15H15ClN4. The molecule has 0 amide bonds. The molecule has 4 nitrogen and oxygen atoms in total.